The van der Waals surface area contributed by atoms with Crippen LogP contribution in [0.3, 0.4) is 0 Å². The zero-order valence-electron chi connectivity index (χ0n) is 8.14. The van der Waals surface area contributed by atoms with E-state index in [2.05, 4.69) is 18.7 Å². The summed E-state index contributed by atoms with van der Waals surface area (Å²) < 4.78 is 5.13. The molecule has 0 aliphatic rings. The van der Waals surface area contributed by atoms with Gasteiger partial charge in [-0.05, 0) is 29.1 Å². The highest BCUT2D eigenvalue weighted by Gasteiger charge is 2.05. The molecule has 0 aromatic heterocycles. The van der Waals surface area contributed by atoms with Crippen LogP contribution in [0, 0.1) is 0 Å². The minimum absolute atomic E-state index is 0.460. The fourth-order valence-electron chi connectivity index (χ4n) is 1.54. The van der Waals surface area contributed by atoms with E-state index in [4.69, 9.17) is 17.0 Å². The molecule has 2 rings (SSSR count). The molecule has 0 radical (unpaired) electrons. The highest BCUT2D eigenvalue weighted by Crippen LogP contribution is 2.19. The molecule has 0 saturated carbocycles. The molecule has 0 N–H and O–H groups in total. The van der Waals surface area contributed by atoms with Gasteiger partial charge < -0.3 is 4.74 Å². The van der Waals surface area contributed by atoms with Gasteiger partial charge in [0.2, 0.25) is 0 Å². The van der Waals surface area contributed by atoms with E-state index in [1.807, 2.05) is 30.3 Å². The molecule has 0 amide bonds. The average molecular weight is 214 g/mol. The smallest absolute Gasteiger partial charge is 0.197 e. The molecule has 0 saturated heterocycles. The van der Waals surface area contributed by atoms with Crippen molar-refractivity contribution in [2.75, 3.05) is 0 Å². The molecule has 74 valence electrons. The van der Waals surface area contributed by atoms with Gasteiger partial charge in [0.25, 0.3) is 0 Å². The summed E-state index contributed by atoms with van der Waals surface area (Å²) in [6.45, 7) is 3.50. The number of fused-ring (bicyclic) bond motifs is 1. The van der Waals surface area contributed by atoms with Crippen molar-refractivity contribution in [3.63, 3.8) is 0 Å². The molecule has 0 bridgehead atoms. The lowest BCUT2D eigenvalue weighted by molar-refractivity contribution is 0.489. The summed E-state index contributed by atoms with van der Waals surface area (Å²) in [5.74, 6) is 0. The van der Waals surface area contributed by atoms with E-state index in [9.17, 15) is 0 Å². The first-order chi connectivity index (χ1) is 7.33. The van der Waals surface area contributed by atoms with Crippen molar-refractivity contribution in [1.82, 2.24) is 0 Å². The molecule has 0 aliphatic heterocycles. The van der Waals surface area contributed by atoms with Gasteiger partial charge in [-0.15, -0.1) is 0 Å². The van der Waals surface area contributed by atoms with Crippen LogP contribution in [-0.2, 0) is 4.74 Å². The lowest BCUT2D eigenvalue weighted by Gasteiger charge is -2.06. The minimum Gasteiger partial charge on any atom is -0.453 e. The fourth-order valence-corrected chi connectivity index (χ4v) is 1.79. The van der Waals surface area contributed by atoms with Gasteiger partial charge in [0, 0.05) is 5.56 Å². The Balaban J connectivity index is 2.60. The summed E-state index contributed by atoms with van der Waals surface area (Å²) in [5.41, 5.74) is 0.933. The van der Waals surface area contributed by atoms with Crippen molar-refractivity contribution in [3.8, 4) is 0 Å². The van der Waals surface area contributed by atoms with E-state index in [1.54, 1.807) is 0 Å². The van der Waals surface area contributed by atoms with Gasteiger partial charge in [0.1, 0.15) is 0 Å². The van der Waals surface area contributed by atoms with Crippen LogP contribution in [0.1, 0.15) is 5.56 Å². The van der Waals surface area contributed by atoms with Crippen molar-refractivity contribution < 1.29 is 4.74 Å². The quantitative estimate of drug-likeness (QED) is 0.557. The van der Waals surface area contributed by atoms with Crippen LogP contribution in [0.4, 0.5) is 0 Å². The standard InChI is InChI=1S/C13H10OS/c1-2-14-13(15)12-9-5-7-10-6-3-4-8-11(10)12/h2-9H,1H2. The van der Waals surface area contributed by atoms with E-state index in [1.165, 1.54) is 6.26 Å². The second-order valence-corrected chi connectivity index (χ2v) is 3.47. The van der Waals surface area contributed by atoms with E-state index < -0.39 is 0 Å². The Morgan fingerprint density at radius 2 is 1.87 bits per heavy atom. The van der Waals surface area contributed by atoms with Crippen molar-refractivity contribution >= 4 is 28.0 Å². The van der Waals surface area contributed by atoms with Crippen LogP contribution in [0.2, 0.25) is 0 Å². The van der Waals surface area contributed by atoms with Gasteiger partial charge in [0.15, 0.2) is 5.05 Å². The Kier molecular flexibility index (Phi) is 2.79. The molecule has 2 aromatic carbocycles. The highest BCUT2D eigenvalue weighted by molar-refractivity contribution is 7.80. The van der Waals surface area contributed by atoms with Crippen molar-refractivity contribution in [1.29, 1.82) is 0 Å². The minimum atomic E-state index is 0.460. The molecule has 0 spiro atoms. The van der Waals surface area contributed by atoms with Gasteiger partial charge in [-0.25, -0.2) is 0 Å². The second-order valence-electron chi connectivity index (χ2n) is 3.10. The SMILES string of the molecule is C=COC(=S)c1cccc2ccccc12. The Morgan fingerprint density at radius 1 is 1.13 bits per heavy atom. The van der Waals surface area contributed by atoms with Crippen LogP contribution in [-0.4, -0.2) is 5.05 Å². The summed E-state index contributed by atoms with van der Waals surface area (Å²) in [4.78, 5) is 0. The Morgan fingerprint density at radius 3 is 2.67 bits per heavy atom. The zero-order chi connectivity index (χ0) is 10.7. The van der Waals surface area contributed by atoms with Gasteiger partial charge in [-0.2, -0.15) is 0 Å². The van der Waals surface area contributed by atoms with Gasteiger partial charge in [-0.1, -0.05) is 43.0 Å². The normalized spacial score (nSPS) is 9.87. The largest absolute Gasteiger partial charge is 0.453 e. The molecule has 0 heterocycles. The summed E-state index contributed by atoms with van der Waals surface area (Å²) in [7, 11) is 0. The lowest BCUT2D eigenvalue weighted by atomic mass is 10.1. The van der Waals surface area contributed by atoms with Gasteiger partial charge in [0.05, 0.1) is 6.26 Å². The molecular weight excluding hydrogens is 204 g/mol. The van der Waals surface area contributed by atoms with E-state index in [0.717, 1.165) is 16.3 Å². The molecule has 1 nitrogen and oxygen atoms in total. The Hall–Kier alpha value is -1.67. The average Bonchev–Trinajstić information content (AvgIpc) is 2.28. The predicted molar refractivity (Wildman–Crippen MR) is 66.9 cm³/mol. The third-order valence-electron chi connectivity index (χ3n) is 2.20. The number of ether oxygens (including phenoxy) is 1. The topological polar surface area (TPSA) is 9.23 Å². The number of rotatable bonds is 2. The van der Waals surface area contributed by atoms with Crippen molar-refractivity contribution in [3.05, 3.63) is 60.9 Å². The maximum absolute atomic E-state index is 5.15. The molecule has 0 unspecified atom stereocenters. The predicted octanol–water partition coefficient (Wildman–Crippen LogP) is 3.68. The molecule has 2 aromatic rings. The van der Waals surface area contributed by atoms with Crippen LogP contribution in [0.15, 0.2) is 55.3 Å². The first-order valence-electron chi connectivity index (χ1n) is 4.62. The third kappa shape index (κ3) is 1.90. The third-order valence-corrected chi connectivity index (χ3v) is 2.52. The van der Waals surface area contributed by atoms with Gasteiger partial charge >= 0.3 is 0 Å². The molecule has 2 heteroatoms. The summed E-state index contributed by atoms with van der Waals surface area (Å²) in [6, 6.07) is 14.0. The molecular formula is C13H10OS. The number of thiocarbonyl (C=S) groups is 1. The van der Waals surface area contributed by atoms with Crippen LogP contribution in [0.5, 0.6) is 0 Å². The monoisotopic (exact) mass is 214 g/mol. The van der Waals surface area contributed by atoms with E-state index in [0.29, 0.717) is 5.05 Å². The zero-order valence-corrected chi connectivity index (χ0v) is 8.96. The number of benzene rings is 2. The maximum Gasteiger partial charge on any atom is 0.197 e. The van der Waals surface area contributed by atoms with Crippen molar-refractivity contribution in [2.24, 2.45) is 0 Å². The summed E-state index contributed by atoms with van der Waals surface area (Å²) in [6.07, 6.45) is 1.35. The molecule has 15 heavy (non-hydrogen) atoms. The number of hydrogen-bond donors (Lipinski definition) is 0. The van der Waals surface area contributed by atoms with Crippen molar-refractivity contribution in [2.45, 2.75) is 0 Å². The summed E-state index contributed by atoms with van der Waals surface area (Å²) >= 11 is 5.15. The fraction of sp³-hybridized carbons (Fsp3) is 0. The van der Waals surface area contributed by atoms with E-state index in [-0.39, 0.29) is 0 Å². The molecule has 0 fully saturated rings. The van der Waals surface area contributed by atoms with Crippen LogP contribution in [0.25, 0.3) is 10.8 Å². The Labute approximate surface area is 94.0 Å². The lowest BCUT2D eigenvalue weighted by Crippen LogP contribution is -1.99. The highest BCUT2D eigenvalue weighted by atomic mass is 32.1. The van der Waals surface area contributed by atoms with E-state index >= 15 is 0 Å². The van der Waals surface area contributed by atoms with Gasteiger partial charge in [-0.3, -0.25) is 0 Å². The maximum atomic E-state index is 5.15. The van der Waals surface area contributed by atoms with Crippen LogP contribution >= 0.6 is 12.2 Å². The number of hydrogen-bond acceptors (Lipinski definition) is 2. The Bertz CT molecular complexity index is 511. The first kappa shape index (κ1) is 9.87. The second kappa shape index (κ2) is 4.24. The molecule has 0 atom stereocenters. The summed E-state index contributed by atoms with van der Waals surface area (Å²) in [5, 5.41) is 2.72. The van der Waals surface area contributed by atoms with Crippen LogP contribution < -0.4 is 0 Å². The molecule has 0 aliphatic carbocycles. The first-order valence-corrected chi connectivity index (χ1v) is 5.03.